The van der Waals surface area contributed by atoms with Crippen LogP contribution in [0.2, 0.25) is 0 Å². The first-order chi connectivity index (χ1) is 13.6. The normalized spacial score (nSPS) is 17.6. The van der Waals surface area contributed by atoms with Gasteiger partial charge in [-0.1, -0.05) is 23.5 Å². The predicted octanol–water partition coefficient (Wildman–Crippen LogP) is 3.56. The second-order valence-electron chi connectivity index (χ2n) is 7.70. The summed E-state index contributed by atoms with van der Waals surface area (Å²) in [5, 5.41) is 3.20. The summed E-state index contributed by atoms with van der Waals surface area (Å²) in [5.41, 5.74) is 1.29. The van der Waals surface area contributed by atoms with E-state index in [1.165, 1.54) is 23.5 Å². The highest BCUT2D eigenvalue weighted by atomic mass is 32.2. The number of amides is 2. The molecule has 2 aromatic carbocycles. The van der Waals surface area contributed by atoms with E-state index in [1.54, 1.807) is 26.0 Å². The molecule has 29 heavy (non-hydrogen) atoms. The van der Waals surface area contributed by atoms with Gasteiger partial charge in [0.15, 0.2) is 5.13 Å². The number of hydrogen-bond donors (Lipinski definition) is 1. The molecule has 2 heterocycles. The number of anilines is 2. The van der Waals surface area contributed by atoms with Gasteiger partial charge in [-0.2, -0.15) is 0 Å². The summed E-state index contributed by atoms with van der Waals surface area (Å²) >= 11 is 1.36. The van der Waals surface area contributed by atoms with Crippen molar-refractivity contribution in [2.45, 2.75) is 20.8 Å². The van der Waals surface area contributed by atoms with Crippen LogP contribution in [0.15, 0.2) is 42.5 Å². The molecule has 0 atom stereocenters. The number of fused-ring (bicyclic) bond motifs is 1. The number of aromatic nitrogens is 1. The number of sulfonamides is 1. The summed E-state index contributed by atoms with van der Waals surface area (Å²) in [6, 6.07) is 11.9. The molecule has 9 heteroatoms. The number of rotatable bonds is 3. The van der Waals surface area contributed by atoms with E-state index in [0.29, 0.717) is 5.13 Å². The van der Waals surface area contributed by atoms with Gasteiger partial charge in [-0.15, -0.1) is 0 Å². The molecule has 1 aliphatic heterocycles. The number of hydrogen-bond acceptors (Lipinski definition) is 6. The average molecular weight is 430 g/mol. The van der Waals surface area contributed by atoms with Crippen molar-refractivity contribution in [2.75, 3.05) is 15.4 Å². The molecule has 0 radical (unpaired) electrons. The van der Waals surface area contributed by atoms with Crippen LogP contribution in [0.3, 0.4) is 0 Å². The molecular formula is C20H19N3O4S2. The second kappa shape index (κ2) is 6.64. The van der Waals surface area contributed by atoms with Crippen LogP contribution in [0.4, 0.5) is 10.8 Å². The first-order valence-electron chi connectivity index (χ1n) is 8.93. The van der Waals surface area contributed by atoms with Gasteiger partial charge in [-0.25, -0.2) is 17.7 Å². The van der Waals surface area contributed by atoms with Crippen molar-refractivity contribution >= 4 is 54.2 Å². The van der Waals surface area contributed by atoms with Crippen molar-refractivity contribution in [3.63, 3.8) is 0 Å². The van der Waals surface area contributed by atoms with Gasteiger partial charge in [0.05, 0.1) is 27.1 Å². The summed E-state index contributed by atoms with van der Waals surface area (Å²) in [6.07, 6.45) is 0. The number of carbonyl (C=O) groups is 2. The minimum atomic E-state index is -3.78. The number of nitrogens with zero attached hydrogens (tertiary/aromatic N) is 2. The van der Waals surface area contributed by atoms with Crippen molar-refractivity contribution in [3.8, 4) is 0 Å². The maximum absolute atomic E-state index is 12.7. The maximum Gasteiger partial charge on any atom is 0.257 e. The zero-order chi connectivity index (χ0) is 21.0. The highest BCUT2D eigenvalue weighted by Crippen LogP contribution is 2.36. The fourth-order valence-electron chi connectivity index (χ4n) is 3.29. The number of nitrogens with one attached hydrogen (secondary N) is 1. The first kappa shape index (κ1) is 19.5. The number of carbonyl (C=O) groups excluding carboxylic acids is 2. The lowest BCUT2D eigenvalue weighted by Crippen LogP contribution is -2.33. The molecule has 0 unspecified atom stereocenters. The molecule has 1 aliphatic rings. The smallest absolute Gasteiger partial charge is 0.257 e. The molecule has 150 valence electrons. The Morgan fingerprint density at radius 2 is 1.97 bits per heavy atom. The van der Waals surface area contributed by atoms with E-state index in [1.807, 2.05) is 25.1 Å². The zero-order valence-corrected chi connectivity index (χ0v) is 17.7. The molecule has 2 amide bonds. The standard InChI is InChI=1S/C20H19N3O4S2/c1-12-7-8-15-16(9-12)28-19(21-15)22-17(24)13-5-4-6-14(10-13)23-18(25)20(2,3)11-29(23,26)27/h4-10H,11H2,1-3H3,(H,21,22,24). The monoisotopic (exact) mass is 429 g/mol. The summed E-state index contributed by atoms with van der Waals surface area (Å²) in [7, 11) is -3.78. The summed E-state index contributed by atoms with van der Waals surface area (Å²) in [5.74, 6) is -1.19. The highest BCUT2D eigenvalue weighted by molar-refractivity contribution is 7.94. The van der Waals surface area contributed by atoms with E-state index in [2.05, 4.69) is 10.3 Å². The fourth-order valence-corrected chi connectivity index (χ4v) is 6.35. The van der Waals surface area contributed by atoms with Crippen LogP contribution < -0.4 is 9.62 Å². The molecule has 0 bridgehead atoms. The Morgan fingerprint density at radius 1 is 1.21 bits per heavy atom. The lowest BCUT2D eigenvalue weighted by atomic mass is 9.95. The Hall–Kier alpha value is -2.78. The van der Waals surface area contributed by atoms with Crippen LogP contribution >= 0.6 is 11.3 Å². The van der Waals surface area contributed by atoms with Crippen LogP contribution in [0, 0.1) is 12.3 Å². The minimum absolute atomic E-state index is 0.160. The molecule has 0 spiro atoms. The summed E-state index contributed by atoms with van der Waals surface area (Å²) in [4.78, 5) is 29.7. The van der Waals surface area contributed by atoms with Gasteiger partial charge in [0, 0.05) is 5.56 Å². The Kier molecular flexibility index (Phi) is 4.47. The van der Waals surface area contributed by atoms with E-state index < -0.39 is 27.3 Å². The molecule has 0 saturated carbocycles. The fraction of sp³-hybridized carbons (Fsp3) is 0.250. The zero-order valence-electron chi connectivity index (χ0n) is 16.1. The van der Waals surface area contributed by atoms with Gasteiger partial charge >= 0.3 is 0 Å². The van der Waals surface area contributed by atoms with Crippen LogP contribution in [0.1, 0.15) is 29.8 Å². The van der Waals surface area contributed by atoms with Crippen LogP contribution in [-0.4, -0.2) is 31.0 Å². The maximum atomic E-state index is 12.7. The van der Waals surface area contributed by atoms with E-state index in [0.717, 1.165) is 20.1 Å². The second-order valence-corrected chi connectivity index (χ2v) is 10.6. The molecule has 7 nitrogen and oxygen atoms in total. The van der Waals surface area contributed by atoms with E-state index in [4.69, 9.17) is 0 Å². The van der Waals surface area contributed by atoms with Crippen molar-refractivity contribution < 1.29 is 18.0 Å². The Morgan fingerprint density at radius 3 is 2.66 bits per heavy atom. The number of aryl methyl sites for hydroxylation is 1. The van der Waals surface area contributed by atoms with E-state index in [9.17, 15) is 18.0 Å². The van der Waals surface area contributed by atoms with Gasteiger partial charge in [0.2, 0.25) is 15.9 Å². The van der Waals surface area contributed by atoms with Crippen molar-refractivity contribution in [1.29, 1.82) is 0 Å². The topological polar surface area (TPSA) is 96.4 Å². The van der Waals surface area contributed by atoms with Gasteiger partial charge in [-0.3, -0.25) is 14.9 Å². The molecule has 0 aliphatic carbocycles. The lowest BCUT2D eigenvalue weighted by Gasteiger charge is -2.18. The van der Waals surface area contributed by atoms with Gasteiger partial charge in [0.1, 0.15) is 0 Å². The van der Waals surface area contributed by atoms with Crippen LogP contribution in [0.5, 0.6) is 0 Å². The largest absolute Gasteiger partial charge is 0.298 e. The Balaban J connectivity index is 1.63. The SMILES string of the molecule is Cc1ccc2nc(NC(=O)c3cccc(N4C(=O)C(C)(C)CS4(=O)=O)c3)sc2c1. The molecular weight excluding hydrogens is 410 g/mol. The summed E-state index contributed by atoms with van der Waals surface area (Å²) < 4.78 is 26.7. The van der Waals surface area contributed by atoms with Crippen LogP contribution in [-0.2, 0) is 14.8 Å². The van der Waals surface area contributed by atoms with Crippen molar-refractivity contribution in [2.24, 2.45) is 5.41 Å². The Bertz CT molecular complexity index is 1260. The minimum Gasteiger partial charge on any atom is -0.298 e. The molecule has 1 fully saturated rings. The predicted molar refractivity (Wildman–Crippen MR) is 114 cm³/mol. The first-order valence-corrected chi connectivity index (χ1v) is 11.4. The van der Waals surface area contributed by atoms with E-state index >= 15 is 0 Å². The average Bonchev–Trinajstić information content (AvgIpc) is 3.08. The van der Waals surface area contributed by atoms with Gasteiger partial charge in [-0.05, 0) is 56.7 Å². The third-order valence-corrected chi connectivity index (χ3v) is 7.65. The molecule has 3 aromatic rings. The molecule has 1 aromatic heterocycles. The molecule has 1 saturated heterocycles. The lowest BCUT2D eigenvalue weighted by molar-refractivity contribution is -0.123. The third-order valence-electron chi connectivity index (χ3n) is 4.69. The summed E-state index contributed by atoms with van der Waals surface area (Å²) in [6.45, 7) is 5.18. The molecule has 1 N–H and O–H groups in total. The highest BCUT2D eigenvalue weighted by Gasteiger charge is 2.49. The third kappa shape index (κ3) is 3.51. The quantitative estimate of drug-likeness (QED) is 0.687. The van der Waals surface area contributed by atoms with Crippen molar-refractivity contribution in [1.82, 2.24) is 4.98 Å². The number of benzene rings is 2. The van der Waals surface area contributed by atoms with Crippen LogP contribution in [0.25, 0.3) is 10.2 Å². The Labute approximate surface area is 172 Å². The molecule has 4 rings (SSSR count). The van der Waals surface area contributed by atoms with Gasteiger partial charge < -0.3 is 0 Å². The van der Waals surface area contributed by atoms with Crippen molar-refractivity contribution in [3.05, 3.63) is 53.6 Å². The number of thiazole rings is 1. The van der Waals surface area contributed by atoms with E-state index in [-0.39, 0.29) is 17.0 Å². The van der Waals surface area contributed by atoms with Gasteiger partial charge in [0.25, 0.3) is 5.91 Å².